The second kappa shape index (κ2) is 7.70. The minimum Gasteiger partial charge on any atom is -0.406 e. The Morgan fingerprint density at radius 3 is 2.50 bits per heavy atom. The lowest BCUT2D eigenvalue weighted by Crippen LogP contribution is -2.31. The maximum atomic E-state index is 12.3. The SMILES string of the molecule is CCC1OC(n2cnc3c(Nc4ccc(OC(F)(F)F)cc4)ncnc32)C(O)C1O. The molecule has 30 heavy (non-hydrogen) atoms. The highest BCUT2D eigenvalue weighted by Crippen LogP contribution is 2.34. The van der Waals surface area contributed by atoms with Crippen molar-refractivity contribution >= 4 is 22.7 Å². The molecule has 0 saturated carbocycles. The lowest BCUT2D eigenvalue weighted by Gasteiger charge is -2.16. The Morgan fingerprint density at radius 2 is 1.87 bits per heavy atom. The van der Waals surface area contributed by atoms with Crippen LogP contribution in [0.1, 0.15) is 19.6 Å². The molecule has 0 bridgehead atoms. The highest BCUT2D eigenvalue weighted by molar-refractivity contribution is 5.85. The Bertz CT molecular complexity index is 1030. The van der Waals surface area contributed by atoms with E-state index in [0.717, 1.165) is 0 Å². The van der Waals surface area contributed by atoms with E-state index in [-0.39, 0.29) is 5.75 Å². The average molecular weight is 425 g/mol. The number of ether oxygens (including phenoxy) is 2. The van der Waals surface area contributed by atoms with Gasteiger partial charge in [-0.15, -0.1) is 13.2 Å². The Balaban J connectivity index is 1.58. The number of aliphatic hydroxyl groups is 2. The molecule has 1 saturated heterocycles. The van der Waals surface area contributed by atoms with Gasteiger partial charge in [-0.05, 0) is 30.7 Å². The first-order valence-electron chi connectivity index (χ1n) is 9.09. The van der Waals surface area contributed by atoms with Crippen molar-refractivity contribution in [3.05, 3.63) is 36.9 Å². The van der Waals surface area contributed by atoms with Crippen LogP contribution in [0.5, 0.6) is 5.75 Å². The highest BCUT2D eigenvalue weighted by atomic mass is 19.4. The van der Waals surface area contributed by atoms with Crippen LogP contribution in [0.25, 0.3) is 11.2 Å². The van der Waals surface area contributed by atoms with Gasteiger partial charge in [-0.1, -0.05) is 6.92 Å². The molecule has 3 heterocycles. The molecular weight excluding hydrogens is 407 g/mol. The van der Waals surface area contributed by atoms with Crippen molar-refractivity contribution in [1.29, 1.82) is 0 Å². The molecule has 9 nitrogen and oxygen atoms in total. The number of fused-ring (bicyclic) bond motifs is 1. The topological polar surface area (TPSA) is 115 Å². The molecule has 0 amide bonds. The number of nitrogens with zero attached hydrogens (tertiary/aromatic N) is 4. The van der Waals surface area contributed by atoms with Gasteiger partial charge in [0.05, 0.1) is 12.4 Å². The molecule has 0 spiro atoms. The summed E-state index contributed by atoms with van der Waals surface area (Å²) in [4.78, 5) is 12.6. The van der Waals surface area contributed by atoms with Gasteiger partial charge >= 0.3 is 6.36 Å². The number of benzene rings is 1. The zero-order valence-corrected chi connectivity index (χ0v) is 15.6. The van der Waals surface area contributed by atoms with E-state index in [1.165, 1.54) is 41.5 Å². The molecule has 3 N–H and O–H groups in total. The number of imidazole rings is 1. The highest BCUT2D eigenvalue weighted by Gasteiger charge is 2.43. The number of alkyl halides is 3. The molecule has 1 aliphatic heterocycles. The van der Waals surface area contributed by atoms with Crippen molar-refractivity contribution in [1.82, 2.24) is 19.5 Å². The van der Waals surface area contributed by atoms with E-state index >= 15 is 0 Å². The summed E-state index contributed by atoms with van der Waals surface area (Å²) in [5.41, 5.74) is 1.17. The number of hydrogen-bond donors (Lipinski definition) is 3. The molecule has 0 aliphatic carbocycles. The number of rotatable bonds is 5. The van der Waals surface area contributed by atoms with E-state index in [1.807, 2.05) is 6.92 Å². The average Bonchev–Trinajstić information content (AvgIpc) is 3.24. The van der Waals surface area contributed by atoms with Crippen molar-refractivity contribution in [3.8, 4) is 5.75 Å². The monoisotopic (exact) mass is 425 g/mol. The molecular formula is C18H18F3N5O4. The van der Waals surface area contributed by atoms with Gasteiger partial charge in [0.1, 0.15) is 24.3 Å². The van der Waals surface area contributed by atoms with Crippen LogP contribution in [0.4, 0.5) is 24.7 Å². The summed E-state index contributed by atoms with van der Waals surface area (Å²) in [6.07, 6.45) is -5.11. The van der Waals surface area contributed by atoms with Crippen LogP contribution in [0, 0.1) is 0 Å². The number of hydrogen-bond acceptors (Lipinski definition) is 8. The fourth-order valence-electron chi connectivity index (χ4n) is 3.30. The Morgan fingerprint density at radius 1 is 1.13 bits per heavy atom. The van der Waals surface area contributed by atoms with Gasteiger partial charge < -0.3 is 25.0 Å². The third-order valence-electron chi connectivity index (χ3n) is 4.72. The minimum absolute atomic E-state index is 0.309. The summed E-state index contributed by atoms with van der Waals surface area (Å²) in [7, 11) is 0. The first-order valence-corrected chi connectivity index (χ1v) is 9.09. The van der Waals surface area contributed by atoms with Crippen LogP contribution >= 0.6 is 0 Å². The second-order valence-corrected chi connectivity index (χ2v) is 6.70. The molecule has 4 rings (SSSR count). The van der Waals surface area contributed by atoms with E-state index in [0.29, 0.717) is 29.1 Å². The third-order valence-corrected chi connectivity index (χ3v) is 4.72. The van der Waals surface area contributed by atoms with Gasteiger partial charge in [-0.25, -0.2) is 15.0 Å². The van der Waals surface area contributed by atoms with Crippen LogP contribution in [0.2, 0.25) is 0 Å². The fourth-order valence-corrected chi connectivity index (χ4v) is 3.30. The maximum Gasteiger partial charge on any atom is 0.573 e. The summed E-state index contributed by atoms with van der Waals surface area (Å²) in [6.45, 7) is 1.84. The number of nitrogens with one attached hydrogen (secondary N) is 1. The number of halogens is 3. The zero-order valence-electron chi connectivity index (χ0n) is 15.6. The van der Waals surface area contributed by atoms with Crippen molar-refractivity contribution in [3.63, 3.8) is 0 Å². The summed E-state index contributed by atoms with van der Waals surface area (Å²) < 4.78 is 47.9. The third kappa shape index (κ3) is 3.88. The van der Waals surface area contributed by atoms with Gasteiger partial charge in [0.25, 0.3) is 0 Å². The van der Waals surface area contributed by atoms with Gasteiger partial charge in [0.15, 0.2) is 23.2 Å². The number of aliphatic hydroxyl groups excluding tert-OH is 2. The fraction of sp³-hybridized carbons (Fsp3) is 0.389. The predicted octanol–water partition coefficient (Wildman–Crippen LogP) is 2.50. The molecule has 160 valence electrons. The lowest BCUT2D eigenvalue weighted by atomic mass is 10.1. The van der Waals surface area contributed by atoms with Crippen molar-refractivity contribution in [2.24, 2.45) is 0 Å². The molecule has 2 aromatic heterocycles. The Hall–Kier alpha value is -2.96. The molecule has 3 aromatic rings. The van der Waals surface area contributed by atoms with E-state index in [4.69, 9.17) is 4.74 Å². The van der Waals surface area contributed by atoms with Gasteiger partial charge in [0, 0.05) is 5.69 Å². The molecule has 4 unspecified atom stereocenters. The molecule has 1 aliphatic rings. The largest absolute Gasteiger partial charge is 0.573 e. The predicted molar refractivity (Wildman–Crippen MR) is 97.9 cm³/mol. The summed E-state index contributed by atoms with van der Waals surface area (Å²) in [5.74, 6) is -0.0371. The Labute approximate surface area is 168 Å². The minimum atomic E-state index is -4.77. The standard InChI is InChI=1S/C18H18F3N5O4/c1-2-11-13(27)14(28)17(29-11)26-8-24-12-15(22-7-23-16(12)26)25-9-3-5-10(6-4-9)30-18(19,20)21/h3-8,11,13-14,17,27-28H,2H2,1H3,(H,22,23,25). The molecule has 1 aromatic carbocycles. The summed E-state index contributed by atoms with van der Waals surface area (Å²) in [5, 5.41) is 23.4. The first kappa shape index (κ1) is 20.3. The number of aromatic nitrogens is 4. The van der Waals surface area contributed by atoms with Crippen LogP contribution in [0.3, 0.4) is 0 Å². The van der Waals surface area contributed by atoms with Gasteiger partial charge in [0.2, 0.25) is 0 Å². The molecule has 4 atom stereocenters. The van der Waals surface area contributed by atoms with Gasteiger partial charge in [-0.3, -0.25) is 4.57 Å². The first-order chi connectivity index (χ1) is 14.3. The molecule has 0 radical (unpaired) electrons. The van der Waals surface area contributed by atoms with E-state index < -0.39 is 30.9 Å². The molecule has 12 heteroatoms. The van der Waals surface area contributed by atoms with Crippen LogP contribution in [0.15, 0.2) is 36.9 Å². The van der Waals surface area contributed by atoms with Crippen LogP contribution in [-0.4, -0.2) is 54.4 Å². The van der Waals surface area contributed by atoms with Crippen LogP contribution in [-0.2, 0) is 4.74 Å². The maximum absolute atomic E-state index is 12.3. The van der Waals surface area contributed by atoms with Gasteiger partial charge in [-0.2, -0.15) is 0 Å². The summed E-state index contributed by atoms with van der Waals surface area (Å²) in [6, 6.07) is 5.14. The number of anilines is 2. The normalized spacial score (nSPS) is 24.3. The van der Waals surface area contributed by atoms with E-state index in [1.54, 1.807) is 0 Å². The lowest BCUT2D eigenvalue weighted by molar-refractivity contribution is -0.274. The summed E-state index contributed by atoms with van der Waals surface area (Å²) >= 11 is 0. The van der Waals surface area contributed by atoms with Crippen molar-refractivity contribution in [2.45, 2.75) is 44.2 Å². The quantitative estimate of drug-likeness (QED) is 0.571. The Kier molecular flexibility index (Phi) is 5.22. The van der Waals surface area contributed by atoms with E-state index in [9.17, 15) is 23.4 Å². The van der Waals surface area contributed by atoms with E-state index in [2.05, 4.69) is 25.0 Å². The van der Waals surface area contributed by atoms with Crippen LogP contribution < -0.4 is 10.1 Å². The smallest absolute Gasteiger partial charge is 0.406 e. The zero-order chi connectivity index (χ0) is 21.5. The molecule has 1 fully saturated rings. The second-order valence-electron chi connectivity index (χ2n) is 6.70. The van der Waals surface area contributed by atoms with Crippen molar-refractivity contribution in [2.75, 3.05) is 5.32 Å². The van der Waals surface area contributed by atoms with Crippen molar-refractivity contribution < 1.29 is 32.9 Å².